The topological polar surface area (TPSA) is 42.0 Å². The van der Waals surface area contributed by atoms with Gasteiger partial charge in [0.25, 0.3) is 0 Å². The second kappa shape index (κ2) is 4.72. The van der Waals surface area contributed by atoms with Gasteiger partial charge in [-0.15, -0.1) is 0 Å². The number of fused-ring (bicyclic) bond motifs is 1. The number of aryl methyl sites for hydroxylation is 1. The van der Waals surface area contributed by atoms with E-state index in [2.05, 4.69) is 10.3 Å². The number of pyridine rings is 1. The third-order valence-corrected chi connectivity index (χ3v) is 2.68. The summed E-state index contributed by atoms with van der Waals surface area (Å²) >= 11 is 0. The molecule has 18 heavy (non-hydrogen) atoms. The summed E-state index contributed by atoms with van der Waals surface area (Å²) in [5.41, 5.74) is 2.07. The molecule has 0 aliphatic rings. The molecule has 0 bridgehead atoms. The van der Waals surface area contributed by atoms with Gasteiger partial charge < -0.3 is 5.32 Å². The Balaban J connectivity index is 2.54. The standard InChI is InChI=1S/C14H15FN2O/c1-8(2)14(18)17-13-6-9(3)16-12-5-4-10(15)7-11(12)13/h4-8H,1-3H3,(H,16,17,18). The predicted octanol–water partition coefficient (Wildman–Crippen LogP) is 3.28. The van der Waals surface area contributed by atoms with Gasteiger partial charge in [0.1, 0.15) is 5.82 Å². The first kappa shape index (κ1) is 12.5. The van der Waals surface area contributed by atoms with Crippen molar-refractivity contribution in [3.05, 3.63) is 35.8 Å². The van der Waals surface area contributed by atoms with E-state index in [0.717, 1.165) is 5.69 Å². The third-order valence-electron chi connectivity index (χ3n) is 2.68. The van der Waals surface area contributed by atoms with Crippen LogP contribution >= 0.6 is 0 Å². The molecule has 1 heterocycles. The van der Waals surface area contributed by atoms with Gasteiger partial charge in [0.2, 0.25) is 5.91 Å². The maximum atomic E-state index is 13.3. The minimum absolute atomic E-state index is 0.0915. The largest absolute Gasteiger partial charge is 0.325 e. The average molecular weight is 246 g/mol. The number of hydrogen-bond acceptors (Lipinski definition) is 2. The van der Waals surface area contributed by atoms with Crippen molar-refractivity contribution in [1.82, 2.24) is 4.98 Å². The Morgan fingerprint density at radius 2 is 2.06 bits per heavy atom. The molecular formula is C14H15FN2O. The second-order valence-corrected chi connectivity index (χ2v) is 4.62. The van der Waals surface area contributed by atoms with Gasteiger partial charge in [-0.05, 0) is 31.2 Å². The summed E-state index contributed by atoms with van der Waals surface area (Å²) in [5.74, 6) is -0.554. The van der Waals surface area contributed by atoms with Crippen molar-refractivity contribution in [1.29, 1.82) is 0 Å². The normalized spacial score (nSPS) is 10.9. The molecule has 2 aromatic rings. The van der Waals surface area contributed by atoms with E-state index < -0.39 is 0 Å². The highest BCUT2D eigenvalue weighted by Gasteiger charge is 2.11. The lowest BCUT2D eigenvalue weighted by Crippen LogP contribution is -2.18. The lowest BCUT2D eigenvalue weighted by atomic mass is 10.1. The number of benzene rings is 1. The van der Waals surface area contributed by atoms with E-state index in [1.165, 1.54) is 12.1 Å². The van der Waals surface area contributed by atoms with E-state index in [4.69, 9.17) is 0 Å². The Labute approximate surface area is 105 Å². The molecule has 2 rings (SSSR count). The molecule has 4 heteroatoms. The monoisotopic (exact) mass is 246 g/mol. The van der Waals surface area contributed by atoms with E-state index in [-0.39, 0.29) is 17.6 Å². The van der Waals surface area contributed by atoms with E-state index in [9.17, 15) is 9.18 Å². The van der Waals surface area contributed by atoms with E-state index in [0.29, 0.717) is 16.6 Å². The molecule has 1 N–H and O–H groups in total. The second-order valence-electron chi connectivity index (χ2n) is 4.62. The molecule has 1 aromatic heterocycles. The highest BCUT2D eigenvalue weighted by Crippen LogP contribution is 2.24. The Hall–Kier alpha value is -1.97. The molecular weight excluding hydrogens is 231 g/mol. The zero-order valence-corrected chi connectivity index (χ0v) is 10.6. The highest BCUT2D eigenvalue weighted by molar-refractivity contribution is 6.01. The fourth-order valence-corrected chi connectivity index (χ4v) is 1.71. The van der Waals surface area contributed by atoms with Gasteiger partial charge in [-0.1, -0.05) is 13.8 Å². The molecule has 1 amide bonds. The molecule has 3 nitrogen and oxygen atoms in total. The van der Waals surface area contributed by atoms with E-state index in [1.54, 1.807) is 12.1 Å². The van der Waals surface area contributed by atoms with Crippen molar-refractivity contribution in [3.8, 4) is 0 Å². The SMILES string of the molecule is Cc1cc(NC(=O)C(C)C)c2cc(F)ccc2n1. The number of amides is 1. The summed E-state index contributed by atoms with van der Waals surface area (Å²) in [4.78, 5) is 16.0. The zero-order valence-electron chi connectivity index (χ0n) is 10.6. The van der Waals surface area contributed by atoms with Crippen molar-refractivity contribution in [2.75, 3.05) is 5.32 Å². The van der Waals surface area contributed by atoms with Gasteiger partial charge >= 0.3 is 0 Å². The molecule has 0 unspecified atom stereocenters. The first-order chi connectivity index (χ1) is 8.47. The third kappa shape index (κ3) is 2.47. The minimum Gasteiger partial charge on any atom is -0.325 e. The molecule has 0 radical (unpaired) electrons. The van der Waals surface area contributed by atoms with Crippen LogP contribution in [0.25, 0.3) is 10.9 Å². The fraction of sp³-hybridized carbons (Fsp3) is 0.286. The smallest absolute Gasteiger partial charge is 0.226 e. The number of aromatic nitrogens is 1. The predicted molar refractivity (Wildman–Crippen MR) is 69.9 cm³/mol. The van der Waals surface area contributed by atoms with E-state index in [1.807, 2.05) is 20.8 Å². The summed E-state index contributed by atoms with van der Waals surface area (Å²) < 4.78 is 13.3. The summed E-state index contributed by atoms with van der Waals surface area (Å²) in [6, 6.07) is 6.12. The maximum absolute atomic E-state index is 13.3. The Morgan fingerprint density at radius 3 is 2.72 bits per heavy atom. The first-order valence-corrected chi connectivity index (χ1v) is 5.85. The molecule has 0 aliphatic carbocycles. The lowest BCUT2D eigenvalue weighted by molar-refractivity contribution is -0.118. The van der Waals surface area contributed by atoms with Gasteiger partial charge in [-0.2, -0.15) is 0 Å². The number of carbonyl (C=O) groups excluding carboxylic acids is 1. The van der Waals surface area contributed by atoms with Crippen molar-refractivity contribution in [3.63, 3.8) is 0 Å². The summed E-state index contributed by atoms with van der Waals surface area (Å²) in [7, 11) is 0. The summed E-state index contributed by atoms with van der Waals surface area (Å²) in [6.07, 6.45) is 0. The number of nitrogens with zero attached hydrogens (tertiary/aromatic N) is 1. The quantitative estimate of drug-likeness (QED) is 0.883. The van der Waals surface area contributed by atoms with Gasteiger partial charge in [-0.3, -0.25) is 9.78 Å². The summed E-state index contributed by atoms with van der Waals surface area (Å²) in [5, 5.41) is 3.43. The molecule has 1 aromatic carbocycles. The van der Waals surface area contributed by atoms with Crippen molar-refractivity contribution < 1.29 is 9.18 Å². The first-order valence-electron chi connectivity index (χ1n) is 5.85. The number of nitrogens with one attached hydrogen (secondary N) is 1. The van der Waals surface area contributed by atoms with Crippen LogP contribution in [0, 0.1) is 18.7 Å². The van der Waals surface area contributed by atoms with Crippen molar-refractivity contribution in [2.45, 2.75) is 20.8 Å². The number of carbonyl (C=O) groups is 1. The van der Waals surface area contributed by atoms with Crippen molar-refractivity contribution >= 4 is 22.5 Å². The number of hydrogen-bond donors (Lipinski definition) is 1. The van der Waals surface area contributed by atoms with E-state index >= 15 is 0 Å². The molecule has 0 atom stereocenters. The van der Waals surface area contributed by atoms with Crippen LogP contribution < -0.4 is 5.32 Å². The van der Waals surface area contributed by atoms with Crippen LogP contribution in [-0.2, 0) is 4.79 Å². The Kier molecular flexibility index (Phi) is 3.28. The van der Waals surface area contributed by atoms with Crippen LogP contribution in [-0.4, -0.2) is 10.9 Å². The Bertz CT molecular complexity index is 608. The number of rotatable bonds is 2. The van der Waals surface area contributed by atoms with Crippen LogP contribution in [0.15, 0.2) is 24.3 Å². The average Bonchev–Trinajstić information content (AvgIpc) is 2.29. The molecule has 0 aliphatic heterocycles. The molecule has 0 saturated heterocycles. The van der Waals surface area contributed by atoms with Gasteiger partial charge in [-0.25, -0.2) is 4.39 Å². The van der Waals surface area contributed by atoms with Gasteiger partial charge in [0, 0.05) is 17.0 Å². The van der Waals surface area contributed by atoms with Crippen LogP contribution in [0.2, 0.25) is 0 Å². The maximum Gasteiger partial charge on any atom is 0.226 e. The lowest BCUT2D eigenvalue weighted by Gasteiger charge is -2.11. The molecule has 94 valence electrons. The Morgan fingerprint density at radius 1 is 1.33 bits per heavy atom. The van der Waals surface area contributed by atoms with Crippen LogP contribution in [0.5, 0.6) is 0 Å². The van der Waals surface area contributed by atoms with Crippen LogP contribution in [0.1, 0.15) is 19.5 Å². The molecule has 0 fully saturated rings. The number of halogens is 1. The summed E-state index contributed by atoms with van der Waals surface area (Å²) in [6.45, 7) is 5.46. The minimum atomic E-state index is -0.340. The molecule has 0 spiro atoms. The van der Waals surface area contributed by atoms with Crippen molar-refractivity contribution in [2.24, 2.45) is 5.92 Å². The molecule has 0 saturated carbocycles. The zero-order chi connectivity index (χ0) is 13.3. The van der Waals surface area contributed by atoms with Gasteiger partial charge in [0.05, 0.1) is 11.2 Å². The van der Waals surface area contributed by atoms with Gasteiger partial charge in [0.15, 0.2) is 0 Å². The van der Waals surface area contributed by atoms with Crippen LogP contribution in [0.4, 0.5) is 10.1 Å². The fourth-order valence-electron chi connectivity index (χ4n) is 1.71. The highest BCUT2D eigenvalue weighted by atomic mass is 19.1. The number of anilines is 1. The van der Waals surface area contributed by atoms with Crippen LogP contribution in [0.3, 0.4) is 0 Å².